The van der Waals surface area contributed by atoms with Gasteiger partial charge in [-0.15, -0.1) is 0 Å². The fourth-order valence-electron chi connectivity index (χ4n) is 2.98. The van der Waals surface area contributed by atoms with E-state index in [9.17, 15) is 0 Å². The van der Waals surface area contributed by atoms with E-state index >= 15 is 0 Å². The van der Waals surface area contributed by atoms with Crippen molar-refractivity contribution in [3.8, 4) is 11.5 Å². The molecular formula is C15H22N2O2. The second-order valence-corrected chi connectivity index (χ2v) is 5.47. The molecule has 0 saturated carbocycles. The second kappa shape index (κ2) is 5.80. The zero-order valence-corrected chi connectivity index (χ0v) is 11.5. The third kappa shape index (κ3) is 3.01. The molecule has 19 heavy (non-hydrogen) atoms. The van der Waals surface area contributed by atoms with E-state index in [1.54, 1.807) is 0 Å². The van der Waals surface area contributed by atoms with Crippen LogP contribution >= 0.6 is 0 Å². The fourth-order valence-corrected chi connectivity index (χ4v) is 2.98. The first-order chi connectivity index (χ1) is 9.35. The third-order valence-corrected chi connectivity index (χ3v) is 3.89. The fraction of sp³-hybridized carbons (Fsp3) is 0.600. The van der Waals surface area contributed by atoms with Gasteiger partial charge in [0.2, 0.25) is 0 Å². The zero-order chi connectivity index (χ0) is 13.1. The van der Waals surface area contributed by atoms with Crippen molar-refractivity contribution in [2.45, 2.75) is 12.5 Å². The van der Waals surface area contributed by atoms with Gasteiger partial charge in [0.1, 0.15) is 12.7 Å². The lowest BCUT2D eigenvalue weighted by Gasteiger charge is -2.29. The van der Waals surface area contributed by atoms with Crippen molar-refractivity contribution < 1.29 is 9.47 Å². The molecule has 4 nitrogen and oxygen atoms in total. The molecule has 2 aliphatic rings. The number of ether oxygens (including phenoxy) is 2. The largest absolute Gasteiger partial charge is 0.486 e. The van der Waals surface area contributed by atoms with E-state index in [2.05, 4.69) is 10.2 Å². The van der Waals surface area contributed by atoms with Crippen LogP contribution in [0, 0.1) is 5.92 Å². The SMILES string of the molecule is CNCC1CCN(CC2COc3ccccc3O2)C1. The Morgan fingerprint density at radius 3 is 3.00 bits per heavy atom. The molecule has 1 N–H and O–H groups in total. The molecule has 1 fully saturated rings. The van der Waals surface area contributed by atoms with Crippen molar-refractivity contribution in [2.75, 3.05) is 39.8 Å². The summed E-state index contributed by atoms with van der Waals surface area (Å²) >= 11 is 0. The van der Waals surface area contributed by atoms with Crippen LogP contribution in [-0.4, -0.2) is 50.8 Å². The van der Waals surface area contributed by atoms with Crippen LogP contribution in [0.5, 0.6) is 11.5 Å². The summed E-state index contributed by atoms with van der Waals surface area (Å²) in [4.78, 5) is 2.49. The molecule has 2 unspecified atom stereocenters. The van der Waals surface area contributed by atoms with Crippen molar-refractivity contribution in [2.24, 2.45) is 5.92 Å². The van der Waals surface area contributed by atoms with Gasteiger partial charge in [0, 0.05) is 13.1 Å². The minimum absolute atomic E-state index is 0.156. The molecule has 2 heterocycles. The minimum atomic E-state index is 0.156. The van der Waals surface area contributed by atoms with Gasteiger partial charge in [-0.1, -0.05) is 12.1 Å². The molecule has 1 aromatic rings. The van der Waals surface area contributed by atoms with Gasteiger partial charge in [-0.3, -0.25) is 4.90 Å². The number of likely N-dealkylation sites (tertiary alicyclic amines) is 1. The van der Waals surface area contributed by atoms with Crippen LogP contribution in [0.1, 0.15) is 6.42 Å². The van der Waals surface area contributed by atoms with Crippen LogP contribution < -0.4 is 14.8 Å². The zero-order valence-electron chi connectivity index (χ0n) is 11.5. The van der Waals surface area contributed by atoms with E-state index in [0.717, 1.165) is 30.5 Å². The molecule has 1 aromatic carbocycles. The highest BCUT2D eigenvalue weighted by Crippen LogP contribution is 2.31. The van der Waals surface area contributed by atoms with E-state index < -0.39 is 0 Å². The lowest BCUT2D eigenvalue weighted by atomic mass is 10.1. The van der Waals surface area contributed by atoms with E-state index in [0.29, 0.717) is 6.61 Å². The van der Waals surface area contributed by atoms with Crippen LogP contribution in [0.15, 0.2) is 24.3 Å². The summed E-state index contributed by atoms with van der Waals surface area (Å²) in [5, 5.41) is 3.26. The summed E-state index contributed by atoms with van der Waals surface area (Å²) in [6.45, 7) is 5.08. The van der Waals surface area contributed by atoms with Gasteiger partial charge in [0.05, 0.1) is 0 Å². The normalized spacial score (nSPS) is 26.6. The number of nitrogens with one attached hydrogen (secondary N) is 1. The van der Waals surface area contributed by atoms with Gasteiger partial charge in [-0.25, -0.2) is 0 Å². The van der Waals surface area contributed by atoms with E-state index in [1.807, 2.05) is 31.3 Å². The summed E-state index contributed by atoms with van der Waals surface area (Å²) in [5.74, 6) is 2.53. The number of benzene rings is 1. The smallest absolute Gasteiger partial charge is 0.161 e. The molecule has 104 valence electrons. The highest BCUT2D eigenvalue weighted by atomic mass is 16.6. The van der Waals surface area contributed by atoms with Crippen LogP contribution in [0.2, 0.25) is 0 Å². The standard InChI is InChI=1S/C15H22N2O2/c1-16-8-12-6-7-17(9-12)10-13-11-18-14-4-2-3-5-15(14)19-13/h2-5,12-13,16H,6-11H2,1H3. The lowest BCUT2D eigenvalue weighted by Crippen LogP contribution is -2.40. The van der Waals surface area contributed by atoms with Gasteiger partial charge in [0.15, 0.2) is 11.5 Å². The van der Waals surface area contributed by atoms with Crippen LogP contribution in [0.25, 0.3) is 0 Å². The van der Waals surface area contributed by atoms with Gasteiger partial charge in [0.25, 0.3) is 0 Å². The number of hydrogen-bond acceptors (Lipinski definition) is 4. The molecule has 3 rings (SSSR count). The van der Waals surface area contributed by atoms with E-state index in [1.165, 1.54) is 19.5 Å². The number of hydrogen-bond donors (Lipinski definition) is 1. The first-order valence-corrected chi connectivity index (χ1v) is 7.10. The minimum Gasteiger partial charge on any atom is -0.486 e. The van der Waals surface area contributed by atoms with Crippen molar-refractivity contribution in [3.05, 3.63) is 24.3 Å². The molecule has 0 aromatic heterocycles. The van der Waals surface area contributed by atoms with Crippen molar-refractivity contribution >= 4 is 0 Å². The molecule has 0 aliphatic carbocycles. The van der Waals surface area contributed by atoms with Crippen LogP contribution in [0.4, 0.5) is 0 Å². The summed E-state index contributed by atoms with van der Waals surface area (Å²) in [7, 11) is 2.03. The maximum Gasteiger partial charge on any atom is 0.161 e. The molecule has 0 radical (unpaired) electrons. The molecular weight excluding hydrogens is 240 g/mol. The Morgan fingerprint density at radius 1 is 1.32 bits per heavy atom. The molecule has 0 spiro atoms. The predicted octanol–water partition coefficient (Wildman–Crippen LogP) is 1.37. The van der Waals surface area contributed by atoms with Crippen LogP contribution in [-0.2, 0) is 0 Å². The van der Waals surface area contributed by atoms with Crippen LogP contribution in [0.3, 0.4) is 0 Å². The Morgan fingerprint density at radius 2 is 2.16 bits per heavy atom. The van der Waals surface area contributed by atoms with E-state index in [-0.39, 0.29) is 6.10 Å². The van der Waals surface area contributed by atoms with Crippen molar-refractivity contribution in [1.29, 1.82) is 0 Å². The lowest BCUT2D eigenvalue weighted by molar-refractivity contribution is 0.0641. The quantitative estimate of drug-likeness (QED) is 0.888. The maximum atomic E-state index is 6.01. The van der Waals surface area contributed by atoms with E-state index in [4.69, 9.17) is 9.47 Å². The first-order valence-electron chi connectivity index (χ1n) is 7.10. The maximum absolute atomic E-state index is 6.01. The summed E-state index contributed by atoms with van der Waals surface area (Å²) in [6.07, 6.45) is 1.44. The van der Waals surface area contributed by atoms with Gasteiger partial charge in [-0.2, -0.15) is 0 Å². The number of nitrogens with zero attached hydrogens (tertiary/aromatic N) is 1. The average Bonchev–Trinajstić information content (AvgIpc) is 2.86. The average molecular weight is 262 g/mol. The van der Waals surface area contributed by atoms with Crippen molar-refractivity contribution in [3.63, 3.8) is 0 Å². The van der Waals surface area contributed by atoms with Crippen molar-refractivity contribution in [1.82, 2.24) is 10.2 Å². The monoisotopic (exact) mass is 262 g/mol. The second-order valence-electron chi connectivity index (χ2n) is 5.47. The first kappa shape index (κ1) is 12.8. The summed E-state index contributed by atoms with van der Waals surface area (Å²) in [6, 6.07) is 7.91. The third-order valence-electron chi connectivity index (χ3n) is 3.89. The Bertz CT molecular complexity index is 424. The molecule has 0 amide bonds. The molecule has 1 saturated heterocycles. The Balaban J connectivity index is 1.53. The summed E-state index contributed by atoms with van der Waals surface area (Å²) in [5.41, 5.74) is 0. The van der Waals surface area contributed by atoms with Gasteiger partial charge < -0.3 is 14.8 Å². The molecule has 0 bridgehead atoms. The van der Waals surface area contributed by atoms with Gasteiger partial charge in [-0.05, 0) is 44.6 Å². The Labute approximate surface area is 114 Å². The molecule has 2 aliphatic heterocycles. The summed E-state index contributed by atoms with van der Waals surface area (Å²) < 4.78 is 11.8. The number of para-hydroxylation sites is 2. The van der Waals surface area contributed by atoms with Gasteiger partial charge >= 0.3 is 0 Å². The number of fused-ring (bicyclic) bond motifs is 1. The highest BCUT2D eigenvalue weighted by molar-refractivity contribution is 5.40. The number of rotatable bonds is 4. The Hall–Kier alpha value is -1.26. The molecule has 4 heteroatoms. The molecule has 2 atom stereocenters. The predicted molar refractivity (Wildman–Crippen MR) is 74.8 cm³/mol. The highest BCUT2D eigenvalue weighted by Gasteiger charge is 2.27. The Kier molecular flexibility index (Phi) is 3.89. The topological polar surface area (TPSA) is 33.7 Å².